The van der Waals surface area contributed by atoms with Gasteiger partial charge < -0.3 is 19.9 Å². The molecule has 3 unspecified atom stereocenters. The Hall–Kier alpha value is -3.42. The average Bonchev–Trinajstić information content (AvgIpc) is 3.44. The number of aromatic nitrogens is 2. The van der Waals surface area contributed by atoms with E-state index >= 15 is 0 Å². The molecule has 178 valence electrons. The number of hydrogen-bond acceptors (Lipinski definition) is 4. The first-order valence-corrected chi connectivity index (χ1v) is 11.9. The number of carbonyl (C=O) groups is 2. The van der Waals surface area contributed by atoms with Gasteiger partial charge in [0.1, 0.15) is 28.8 Å². The third kappa shape index (κ3) is 4.24. The predicted molar refractivity (Wildman–Crippen MR) is 126 cm³/mol. The first kappa shape index (κ1) is 22.4. The maximum Gasteiger partial charge on any atom is 0.256 e. The number of halogens is 1. The first-order chi connectivity index (χ1) is 16.4. The summed E-state index contributed by atoms with van der Waals surface area (Å²) in [4.78, 5) is 34.9. The Labute approximate surface area is 197 Å². The van der Waals surface area contributed by atoms with E-state index in [-0.39, 0.29) is 29.5 Å². The number of nitrogens with one attached hydrogen (secondary N) is 2. The Kier molecular flexibility index (Phi) is 5.98. The van der Waals surface area contributed by atoms with Crippen LogP contribution in [0, 0.1) is 11.7 Å². The monoisotopic (exact) mass is 464 g/mol. The summed E-state index contributed by atoms with van der Waals surface area (Å²) in [5.74, 6) is 0.0352. The van der Waals surface area contributed by atoms with Gasteiger partial charge in [0.15, 0.2) is 0 Å². The molecule has 3 heterocycles. The Morgan fingerprint density at radius 3 is 2.97 bits per heavy atom. The molecule has 34 heavy (non-hydrogen) atoms. The number of imidazole rings is 1. The molecule has 0 saturated carbocycles. The topological polar surface area (TPSA) is 87.3 Å². The van der Waals surface area contributed by atoms with Gasteiger partial charge in [-0.2, -0.15) is 0 Å². The van der Waals surface area contributed by atoms with E-state index < -0.39 is 11.7 Å². The maximum atomic E-state index is 14.5. The highest BCUT2D eigenvalue weighted by atomic mass is 19.1. The largest absolute Gasteiger partial charge is 0.490 e. The van der Waals surface area contributed by atoms with Gasteiger partial charge in [-0.05, 0) is 55.0 Å². The molecule has 2 amide bonds. The van der Waals surface area contributed by atoms with Gasteiger partial charge in [-0.1, -0.05) is 19.1 Å². The lowest BCUT2D eigenvalue weighted by atomic mass is 9.89. The third-order valence-corrected chi connectivity index (χ3v) is 7.01. The second kappa shape index (κ2) is 9.08. The van der Waals surface area contributed by atoms with Crippen LogP contribution in [-0.2, 0) is 17.6 Å². The number of piperidine rings is 1. The van der Waals surface area contributed by atoms with E-state index in [0.717, 1.165) is 29.7 Å². The summed E-state index contributed by atoms with van der Waals surface area (Å²) in [5.41, 5.74) is 3.05. The lowest BCUT2D eigenvalue weighted by molar-refractivity contribution is -0.132. The Morgan fingerprint density at radius 2 is 2.15 bits per heavy atom. The Morgan fingerprint density at radius 1 is 1.29 bits per heavy atom. The molecule has 3 atom stereocenters. The van der Waals surface area contributed by atoms with Crippen molar-refractivity contribution in [2.24, 2.45) is 5.92 Å². The standard InChI is InChI=1S/C26H29FN4O3/c1-3-17-13-31(23(32)12-16-4-7-22-18(11-16)10-15(2)34-22)9-8-20(17)30-26(33)24-19(27)5-6-21-25(24)29-14-28-21/h4-7,11,14-15,17,20H,3,8-10,12-13H2,1-2H3,(H,28,29)(H,30,33). The van der Waals surface area contributed by atoms with Crippen molar-refractivity contribution in [3.8, 4) is 5.75 Å². The first-order valence-electron chi connectivity index (χ1n) is 11.9. The molecule has 1 fully saturated rings. The summed E-state index contributed by atoms with van der Waals surface area (Å²) in [7, 11) is 0. The normalized spacial score (nSPS) is 21.9. The molecule has 7 nitrogen and oxygen atoms in total. The SMILES string of the molecule is CCC1CN(C(=O)Cc2ccc3c(c2)CC(C)O3)CCC1NC(=O)c1c(F)ccc2[nH]cnc12. The van der Waals surface area contributed by atoms with E-state index in [0.29, 0.717) is 37.0 Å². The van der Waals surface area contributed by atoms with Gasteiger partial charge in [0, 0.05) is 25.6 Å². The minimum Gasteiger partial charge on any atom is -0.490 e. The number of fused-ring (bicyclic) bond motifs is 2. The van der Waals surface area contributed by atoms with Crippen LogP contribution in [0.4, 0.5) is 4.39 Å². The number of nitrogens with zero attached hydrogens (tertiary/aromatic N) is 2. The van der Waals surface area contributed by atoms with Gasteiger partial charge >= 0.3 is 0 Å². The van der Waals surface area contributed by atoms with E-state index in [1.165, 1.54) is 12.4 Å². The predicted octanol–water partition coefficient (Wildman–Crippen LogP) is 3.63. The molecule has 1 saturated heterocycles. The van der Waals surface area contributed by atoms with Gasteiger partial charge in [0.2, 0.25) is 5.91 Å². The van der Waals surface area contributed by atoms with Crippen molar-refractivity contribution in [2.75, 3.05) is 13.1 Å². The summed E-state index contributed by atoms with van der Waals surface area (Å²) >= 11 is 0. The smallest absolute Gasteiger partial charge is 0.256 e. The quantitative estimate of drug-likeness (QED) is 0.604. The second-order valence-corrected chi connectivity index (χ2v) is 9.35. The van der Waals surface area contributed by atoms with Crippen LogP contribution in [0.2, 0.25) is 0 Å². The minimum atomic E-state index is -0.591. The van der Waals surface area contributed by atoms with Gasteiger partial charge in [-0.15, -0.1) is 0 Å². The summed E-state index contributed by atoms with van der Waals surface area (Å²) in [6.45, 7) is 5.22. The van der Waals surface area contributed by atoms with E-state index in [1.54, 1.807) is 6.07 Å². The molecule has 0 aliphatic carbocycles. The number of ether oxygens (including phenoxy) is 1. The fourth-order valence-corrected chi connectivity index (χ4v) is 5.17. The molecule has 0 bridgehead atoms. The van der Waals surface area contributed by atoms with Crippen LogP contribution in [0.5, 0.6) is 5.75 Å². The lowest BCUT2D eigenvalue weighted by Gasteiger charge is -2.38. The molecule has 3 aromatic rings. The van der Waals surface area contributed by atoms with E-state index in [2.05, 4.69) is 28.3 Å². The highest BCUT2D eigenvalue weighted by molar-refractivity contribution is 6.05. The van der Waals surface area contributed by atoms with Crippen molar-refractivity contribution < 1.29 is 18.7 Å². The second-order valence-electron chi connectivity index (χ2n) is 9.35. The number of hydrogen-bond donors (Lipinski definition) is 2. The summed E-state index contributed by atoms with van der Waals surface area (Å²) in [5, 5.41) is 3.02. The van der Waals surface area contributed by atoms with Crippen LogP contribution in [0.3, 0.4) is 0 Å². The lowest BCUT2D eigenvalue weighted by Crippen LogP contribution is -2.52. The number of carbonyl (C=O) groups excluding carboxylic acids is 2. The fourth-order valence-electron chi connectivity index (χ4n) is 5.17. The molecule has 2 aromatic carbocycles. The molecule has 0 spiro atoms. The van der Waals surface area contributed by atoms with Crippen molar-refractivity contribution in [1.82, 2.24) is 20.2 Å². The maximum absolute atomic E-state index is 14.5. The van der Waals surface area contributed by atoms with Crippen molar-refractivity contribution >= 4 is 22.8 Å². The summed E-state index contributed by atoms with van der Waals surface area (Å²) in [6.07, 6.45) is 4.28. The molecule has 0 radical (unpaired) electrons. The molecule has 1 aromatic heterocycles. The number of aromatic amines is 1. The Bertz CT molecular complexity index is 1240. The van der Waals surface area contributed by atoms with Crippen LogP contribution >= 0.6 is 0 Å². The van der Waals surface area contributed by atoms with Crippen molar-refractivity contribution in [3.63, 3.8) is 0 Å². The average molecular weight is 465 g/mol. The number of benzene rings is 2. The molecule has 5 rings (SSSR count). The highest BCUT2D eigenvalue weighted by Crippen LogP contribution is 2.30. The zero-order valence-corrected chi connectivity index (χ0v) is 19.4. The van der Waals surface area contributed by atoms with Crippen molar-refractivity contribution in [3.05, 3.63) is 59.2 Å². The van der Waals surface area contributed by atoms with E-state index in [9.17, 15) is 14.0 Å². The van der Waals surface area contributed by atoms with Gasteiger partial charge in [-0.3, -0.25) is 9.59 Å². The molecule has 8 heteroatoms. The number of amides is 2. The van der Waals surface area contributed by atoms with Crippen LogP contribution in [0.15, 0.2) is 36.7 Å². The van der Waals surface area contributed by atoms with Crippen LogP contribution in [0.25, 0.3) is 11.0 Å². The summed E-state index contributed by atoms with van der Waals surface area (Å²) in [6, 6.07) is 8.71. The van der Waals surface area contributed by atoms with E-state index in [1.807, 2.05) is 24.0 Å². The molecule has 2 aliphatic rings. The van der Waals surface area contributed by atoms with Gasteiger partial charge in [0.05, 0.1) is 18.3 Å². The van der Waals surface area contributed by atoms with Crippen LogP contribution in [0.1, 0.15) is 48.2 Å². The third-order valence-electron chi connectivity index (χ3n) is 7.01. The molecular formula is C26H29FN4O3. The van der Waals surface area contributed by atoms with Crippen LogP contribution in [-0.4, -0.2) is 51.9 Å². The number of likely N-dealkylation sites (tertiary alicyclic amines) is 1. The number of H-pyrrole nitrogens is 1. The van der Waals surface area contributed by atoms with Gasteiger partial charge in [0.25, 0.3) is 5.91 Å². The zero-order valence-electron chi connectivity index (χ0n) is 19.4. The highest BCUT2D eigenvalue weighted by Gasteiger charge is 2.32. The van der Waals surface area contributed by atoms with E-state index in [4.69, 9.17) is 4.74 Å². The zero-order chi connectivity index (χ0) is 23.8. The van der Waals surface area contributed by atoms with Crippen LogP contribution < -0.4 is 10.1 Å². The molecular weight excluding hydrogens is 435 g/mol. The molecule has 2 N–H and O–H groups in total. The number of rotatable bonds is 5. The molecule has 2 aliphatic heterocycles. The fraction of sp³-hybridized carbons (Fsp3) is 0.423. The Balaban J connectivity index is 1.23. The summed E-state index contributed by atoms with van der Waals surface area (Å²) < 4.78 is 20.2. The van der Waals surface area contributed by atoms with Crippen molar-refractivity contribution in [2.45, 2.75) is 51.7 Å². The van der Waals surface area contributed by atoms with Crippen molar-refractivity contribution in [1.29, 1.82) is 0 Å². The van der Waals surface area contributed by atoms with Gasteiger partial charge in [-0.25, -0.2) is 9.37 Å². The minimum absolute atomic E-state index is 0.0398.